The van der Waals surface area contributed by atoms with Crippen LogP contribution in [0.15, 0.2) is 6.20 Å². The first-order chi connectivity index (χ1) is 6.27. The Labute approximate surface area is 77.7 Å². The van der Waals surface area contributed by atoms with Crippen LogP contribution in [0.5, 0.6) is 0 Å². The van der Waals surface area contributed by atoms with Crippen molar-refractivity contribution in [3.8, 4) is 0 Å². The second-order valence-electron chi connectivity index (χ2n) is 3.65. The van der Waals surface area contributed by atoms with Gasteiger partial charge in [-0.15, -0.1) is 0 Å². The first kappa shape index (κ1) is 8.48. The van der Waals surface area contributed by atoms with E-state index < -0.39 is 0 Å². The molecule has 1 aliphatic carbocycles. The zero-order valence-corrected chi connectivity index (χ0v) is 7.92. The summed E-state index contributed by atoms with van der Waals surface area (Å²) >= 11 is 0. The maximum atomic E-state index is 11.6. The molecule has 13 heavy (non-hydrogen) atoms. The summed E-state index contributed by atoms with van der Waals surface area (Å²) in [5.41, 5.74) is 1.84. The predicted molar refractivity (Wildman–Crippen MR) is 49.7 cm³/mol. The van der Waals surface area contributed by atoms with E-state index in [9.17, 15) is 4.79 Å². The highest BCUT2D eigenvalue weighted by molar-refractivity contribution is 5.96. The van der Waals surface area contributed by atoms with Gasteiger partial charge in [0, 0.05) is 19.7 Å². The number of Topliss-reactive ketones (excluding diaryl/α,β-unsaturated/α-hetero) is 1. The van der Waals surface area contributed by atoms with E-state index in [0.717, 1.165) is 36.9 Å². The maximum absolute atomic E-state index is 11.6. The summed E-state index contributed by atoms with van der Waals surface area (Å²) in [5, 5.41) is 4.30. The Bertz CT molecular complexity index is 328. The van der Waals surface area contributed by atoms with Crippen LogP contribution in [0.25, 0.3) is 0 Å². The normalized spacial score (nSPS) is 17.8. The summed E-state index contributed by atoms with van der Waals surface area (Å²) in [4.78, 5) is 11.6. The molecule has 0 spiro atoms. The summed E-state index contributed by atoms with van der Waals surface area (Å²) in [6.07, 6.45) is 6.86. The van der Waals surface area contributed by atoms with Gasteiger partial charge in [0.1, 0.15) is 0 Å². The van der Waals surface area contributed by atoms with Crippen molar-refractivity contribution in [1.29, 1.82) is 0 Å². The highest BCUT2D eigenvalue weighted by Crippen LogP contribution is 2.18. The lowest BCUT2D eigenvalue weighted by Gasteiger charge is -2.05. The second kappa shape index (κ2) is 3.32. The van der Waals surface area contributed by atoms with Crippen molar-refractivity contribution < 1.29 is 4.79 Å². The number of aryl methyl sites for hydroxylation is 2. The van der Waals surface area contributed by atoms with Crippen LogP contribution in [-0.4, -0.2) is 15.6 Å². The average molecular weight is 178 g/mol. The van der Waals surface area contributed by atoms with Crippen molar-refractivity contribution in [2.24, 2.45) is 7.05 Å². The third-order valence-electron chi connectivity index (χ3n) is 2.52. The fourth-order valence-corrected chi connectivity index (χ4v) is 1.84. The second-order valence-corrected chi connectivity index (χ2v) is 3.65. The lowest BCUT2D eigenvalue weighted by Crippen LogP contribution is -2.05. The highest BCUT2D eigenvalue weighted by Gasteiger charge is 2.16. The number of hydrogen-bond donors (Lipinski definition) is 0. The standard InChI is InChI=1S/C10H14N2O/c1-12-7-8-9(11-12)5-3-2-4-6-10(8)13/h7H,2-6H2,1H3. The van der Waals surface area contributed by atoms with Gasteiger partial charge in [0.25, 0.3) is 0 Å². The van der Waals surface area contributed by atoms with Gasteiger partial charge in [-0.2, -0.15) is 5.10 Å². The van der Waals surface area contributed by atoms with Crippen molar-refractivity contribution in [1.82, 2.24) is 9.78 Å². The van der Waals surface area contributed by atoms with Crippen LogP contribution in [0.4, 0.5) is 0 Å². The van der Waals surface area contributed by atoms with Crippen LogP contribution in [0.2, 0.25) is 0 Å². The largest absolute Gasteiger partial charge is 0.294 e. The van der Waals surface area contributed by atoms with Crippen LogP contribution in [0, 0.1) is 0 Å². The molecule has 0 aliphatic heterocycles. The Morgan fingerprint density at radius 2 is 2.08 bits per heavy atom. The van der Waals surface area contributed by atoms with E-state index in [-0.39, 0.29) is 5.78 Å². The molecule has 2 rings (SSSR count). The summed E-state index contributed by atoms with van der Waals surface area (Å²) in [6, 6.07) is 0. The van der Waals surface area contributed by atoms with Gasteiger partial charge in [0.15, 0.2) is 5.78 Å². The average Bonchev–Trinajstić information content (AvgIpc) is 2.43. The van der Waals surface area contributed by atoms with Gasteiger partial charge in [-0.05, 0) is 19.3 Å². The van der Waals surface area contributed by atoms with E-state index in [1.165, 1.54) is 0 Å². The van der Waals surface area contributed by atoms with Gasteiger partial charge in [0.2, 0.25) is 0 Å². The molecule has 0 aromatic carbocycles. The third-order valence-corrected chi connectivity index (χ3v) is 2.52. The zero-order valence-electron chi connectivity index (χ0n) is 7.92. The number of rotatable bonds is 0. The summed E-state index contributed by atoms with van der Waals surface area (Å²) in [7, 11) is 1.87. The lowest BCUT2D eigenvalue weighted by atomic mass is 9.98. The van der Waals surface area contributed by atoms with E-state index in [0.29, 0.717) is 6.42 Å². The van der Waals surface area contributed by atoms with E-state index in [1.807, 2.05) is 13.2 Å². The van der Waals surface area contributed by atoms with Crippen LogP contribution < -0.4 is 0 Å². The monoisotopic (exact) mass is 178 g/mol. The molecular weight excluding hydrogens is 164 g/mol. The van der Waals surface area contributed by atoms with Crippen molar-refractivity contribution >= 4 is 5.78 Å². The molecule has 3 nitrogen and oxygen atoms in total. The Morgan fingerprint density at radius 1 is 1.31 bits per heavy atom. The molecule has 0 amide bonds. The van der Waals surface area contributed by atoms with Crippen molar-refractivity contribution in [3.05, 3.63) is 17.5 Å². The molecule has 1 aromatic heterocycles. The van der Waals surface area contributed by atoms with Gasteiger partial charge in [0.05, 0.1) is 11.3 Å². The summed E-state index contributed by atoms with van der Waals surface area (Å²) < 4.78 is 1.74. The maximum Gasteiger partial charge on any atom is 0.166 e. The van der Waals surface area contributed by atoms with Crippen molar-refractivity contribution in [2.75, 3.05) is 0 Å². The molecule has 0 radical (unpaired) electrons. The number of carbonyl (C=O) groups excluding carboxylic acids is 1. The summed E-state index contributed by atoms with van der Waals surface area (Å²) in [5.74, 6) is 0.266. The van der Waals surface area contributed by atoms with Gasteiger partial charge in [-0.25, -0.2) is 0 Å². The van der Waals surface area contributed by atoms with Gasteiger partial charge < -0.3 is 0 Å². The molecule has 0 bridgehead atoms. The minimum atomic E-state index is 0.266. The molecular formula is C10H14N2O. The van der Waals surface area contributed by atoms with E-state index in [1.54, 1.807) is 4.68 Å². The fraction of sp³-hybridized carbons (Fsp3) is 0.600. The minimum absolute atomic E-state index is 0.266. The SMILES string of the molecule is Cn1cc2c(n1)CCCCCC2=O. The number of carbonyl (C=O) groups is 1. The highest BCUT2D eigenvalue weighted by atomic mass is 16.1. The first-order valence-electron chi connectivity index (χ1n) is 4.83. The number of fused-ring (bicyclic) bond motifs is 1. The zero-order chi connectivity index (χ0) is 9.26. The molecule has 3 heteroatoms. The Morgan fingerprint density at radius 3 is 2.92 bits per heavy atom. The predicted octanol–water partition coefficient (Wildman–Crippen LogP) is 1.72. The fourth-order valence-electron chi connectivity index (χ4n) is 1.84. The number of ketones is 1. The van der Waals surface area contributed by atoms with Gasteiger partial charge in [-0.1, -0.05) is 6.42 Å². The molecule has 1 aromatic rings. The number of hydrogen-bond acceptors (Lipinski definition) is 2. The van der Waals surface area contributed by atoms with E-state index >= 15 is 0 Å². The molecule has 0 atom stereocenters. The van der Waals surface area contributed by atoms with Gasteiger partial charge >= 0.3 is 0 Å². The molecule has 0 saturated heterocycles. The first-order valence-corrected chi connectivity index (χ1v) is 4.83. The topological polar surface area (TPSA) is 34.9 Å². The van der Waals surface area contributed by atoms with Crippen LogP contribution in [0.1, 0.15) is 41.7 Å². The van der Waals surface area contributed by atoms with E-state index in [2.05, 4.69) is 5.10 Å². The van der Waals surface area contributed by atoms with Crippen LogP contribution in [-0.2, 0) is 13.5 Å². The van der Waals surface area contributed by atoms with Crippen LogP contribution in [0.3, 0.4) is 0 Å². The van der Waals surface area contributed by atoms with Gasteiger partial charge in [-0.3, -0.25) is 9.48 Å². The lowest BCUT2D eigenvalue weighted by molar-refractivity contribution is 0.0976. The smallest absolute Gasteiger partial charge is 0.166 e. The Balaban J connectivity index is 2.36. The number of aromatic nitrogens is 2. The minimum Gasteiger partial charge on any atom is -0.294 e. The number of nitrogens with zero attached hydrogens (tertiary/aromatic N) is 2. The van der Waals surface area contributed by atoms with Crippen molar-refractivity contribution in [2.45, 2.75) is 32.1 Å². The van der Waals surface area contributed by atoms with Crippen molar-refractivity contribution in [3.63, 3.8) is 0 Å². The molecule has 0 N–H and O–H groups in total. The molecule has 0 fully saturated rings. The Kier molecular flexibility index (Phi) is 2.17. The molecule has 1 heterocycles. The van der Waals surface area contributed by atoms with E-state index in [4.69, 9.17) is 0 Å². The molecule has 0 unspecified atom stereocenters. The van der Waals surface area contributed by atoms with Crippen LogP contribution >= 0.6 is 0 Å². The molecule has 70 valence electrons. The summed E-state index contributed by atoms with van der Waals surface area (Å²) in [6.45, 7) is 0. The quantitative estimate of drug-likeness (QED) is 0.606. The third kappa shape index (κ3) is 1.64. The Hall–Kier alpha value is -1.12. The molecule has 1 aliphatic rings. The molecule has 0 saturated carbocycles.